The largest absolute Gasteiger partial charge is 0.356 e. The first-order chi connectivity index (χ1) is 8.15. The van der Waals surface area contributed by atoms with E-state index in [0.29, 0.717) is 0 Å². The highest BCUT2D eigenvalue weighted by molar-refractivity contribution is 9.10. The van der Waals surface area contributed by atoms with Crippen LogP contribution in [0.4, 0.5) is 0 Å². The normalized spacial score (nSPS) is 15.7. The van der Waals surface area contributed by atoms with Gasteiger partial charge in [0.05, 0.1) is 0 Å². The van der Waals surface area contributed by atoms with Gasteiger partial charge >= 0.3 is 0 Å². The molecule has 3 rings (SSSR count). The van der Waals surface area contributed by atoms with Gasteiger partial charge in [-0.05, 0) is 54.2 Å². The summed E-state index contributed by atoms with van der Waals surface area (Å²) >= 11 is 3.72. The van der Waals surface area contributed by atoms with Crippen LogP contribution >= 0.6 is 15.9 Å². The van der Waals surface area contributed by atoms with Crippen LogP contribution in [0.3, 0.4) is 0 Å². The van der Waals surface area contributed by atoms with E-state index in [-0.39, 0.29) is 0 Å². The van der Waals surface area contributed by atoms with Crippen molar-refractivity contribution in [1.82, 2.24) is 10.3 Å². The SMILES string of the molecule is Cc1cc(C)c2[nH]c(CNC3CC3)c(Br)c2c1. The maximum absolute atomic E-state index is 3.72. The number of nitrogens with one attached hydrogen (secondary N) is 2. The zero-order valence-corrected chi connectivity index (χ0v) is 11.8. The number of rotatable bonds is 3. The molecule has 0 amide bonds. The van der Waals surface area contributed by atoms with Crippen LogP contribution in [-0.4, -0.2) is 11.0 Å². The molecule has 1 aromatic heterocycles. The molecule has 0 aliphatic heterocycles. The third-order valence-electron chi connectivity index (χ3n) is 3.40. The summed E-state index contributed by atoms with van der Waals surface area (Å²) in [5, 5.41) is 4.85. The molecular weight excluding hydrogens is 276 g/mol. The molecule has 3 heteroatoms. The fraction of sp³-hybridized carbons (Fsp3) is 0.429. The monoisotopic (exact) mass is 292 g/mol. The van der Waals surface area contributed by atoms with Crippen LogP contribution in [-0.2, 0) is 6.54 Å². The van der Waals surface area contributed by atoms with E-state index in [1.807, 2.05) is 0 Å². The van der Waals surface area contributed by atoms with Crippen LogP contribution in [0.25, 0.3) is 10.9 Å². The van der Waals surface area contributed by atoms with Gasteiger partial charge in [0.15, 0.2) is 0 Å². The van der Waals surface area contributed by atoms with E-state index < -0.39 is 0 Å². The van der Waals surface area contributed by atoms with Gasteiger partial charge in [-0.15, -0.1) is 0 Å². The average Bonchev–Trinajstić information content (AvgIpc) is 3.04. The van der Waals surface area contributed by atoms with Crippen molar-refractivity contribution < 1.29 is 0 Å². The van der Waals surface area contributed by atoms with Crippen LogP contribution in [0.15, 0.2) is 16.6 Å². The number of fused-ring (bicyclic) bond motifs is 1. The Labute approximate surface area is 110 Å². The number of aromatic nitrogens is 1. The Morgan fingerprint density at radius 3 is 2.82 bits per heavy atom. The summed E-state index contributed by atoms with van der Waals surface area (Å²) < 4.78 is 1.22. The molecule has 2 aromatic rings. The molecule has 2 N–H and O–H groups in total. The van der Waals surface area contributed by atoms with Gasteiger partial charge in [-0.25, -0.2) is 0 Å². The van der Waals surface area contributed by atoms with Crippen molar-refractivity contribution in [3.8, 4) is 0 Å². The second kappa shape index (κ2) is 4.14. The lowest BCUT2D eigenvalue weighted by molar-refractivity contribution is 0.676. The molecule has 0 spiro atoms. The molecule has 90 valence electrons. The predicted molar refractivity (Wildman–Crippen MR) is 75.3 cm³/mol. The Hall–Kier alpha value is -0.800. The second-order valence-electron chi connectivity index (χ2n) is 5.08. The van der Waals surface area contributed by atoms with Crippen LogP contribution in [0.1, 0.15) is 29.7 Å². The van der Waals surface area contributed by atoms with E-state index in [1.165, 1.54) is 45.0 Å². The van der Waals surface area contributed by atoms with Gasteiger partial charge < -0.3 is 10.3 Å². The summed E-state index contributed by atoms with van der Waals surface area (Å²) in [6, 6.07) is 5.21. The molecule has 0 saturated heterocycles. The van der Waals surface area contributed by atoms with Crippen molar-refractivity contribution in [2.24, 2.45) is 0 Å². The zero-order chi connectivity index (χ0) is 12.0. The maximum Gasteiger partial charge on any atom is 0.0498 e. The van der Waals surface area contributed by atoms with Crippen molar-refractivity contribution in [1.29, 1.82) is 0 Å². The topological polar surface area (TPSA) is 27.8 Å². The van der Waals surface area contributed by atoms with Gasteiger partial charge in [0.2, 0.25) is 0 Å². The highest BCUT2D eigenvalue weighted by Gasteiger charge is 2.21. The minimum atomic E-state index is 0.746. The smallest absolute Gasteiger partial charge is 0.0498 e. The Kier molecular flexibility index (Phi) is 2.75. The molecule has 2 nitrogen and oxygen atoms in total. The summed E-state index contributed by atoms with van der Waals surface area (Å²) in [5.74, 6) is 0. The Morgan fingerprint density at radius 2 is 2.12 bits per heavy atom. The highest BCUT2D eigenvalue weighted by atomic mass is 79.9. The fourth-order valence-electron chi connectivity index (χ4n) is 2.33. The third kappa shape index (κ3) is 2.14. The van der Waals surface area contributed by atoms with Crippen LogP contribution < -0.4 is 5.32 Å². The van der Waals surface area contributed by atoms with Crippen molar-refractivity contribution in [3.05, 3.63) is 33.4 Å². The molecule has 0 radical (unpaired) electrons. The lowest BCUT2D eigenvalue weighted by Crippen LogP contribution is -2.15. The van der Waals surface area contributed by atoms with Crippen molar-refractivity contribution in [2.45, 2.75) is 39.3 Å². The molecule has 17 heavy (non-hydrogen) atoms. The molecule has 1 fully saturated rings. The molecule has 0 atom stereocenters. The Balaban J connectivity index is 2.01. The number of hydrogen-bond acceptors (Lipinski definition) is 1. The number of H-pyrrole nitrogens is 1. The Morgan fingerprint density at radius 1 is 1.35 bits per heavy atom. The second-order valence-corrected chi connectivity index (χ2v) is 5.87. The minimum absolute atomic E-state index is 0.746. The van der Waals surface area contributed by atoms with Crippen LogP contribution in [0.5, 0.6) is 0 Å². The minimum Gasteiger partial charge on any atom is -0.356 e. The van der Waals surface area contributed by atoms with Crippen molar-refractivity contribution >= 4 is 26.8 Å². The van der Waals surface area contributed by atoms with Gasteiger partial charge in [-0.2, -0.15) is 0 Å². The molecular formula is C14H17BrN2. The van der Waals surface area contributed by atoms with E-state index in [9.17, 15) is 0 Å². The van der Waals surface area contributed by atoms with Crippen LogP contribution in [0.2, 0.25) is 0 Å². The average molecular weight is 293 g/mol. The number of aryl methyl sites for hydroxylation is 2. The Bertz CT molecular complexity index is 567. The van der Waals surface area contributed by atoms with Crippen molar-refractivity contribution in [2.75, 3.05) is 0 Å². The predicted octanol–water partition coefficient (Wildman–Crippen LogP) is 3.80. The number of aromatic amines is 1. The summed E-state index contributed by atoms with van der Waals surface area (Å²) in [4.78, 5) is 3.53. The first-order valence-electron chi connectivity index (χ1n) is 6.16. The van der Waals surface area contributed by atoms with E-state index >= 15 is 0 Å². The maximum atomic E-state index is 3.72. The molecule has 0 bridgehead atoms. The molecule has 1 heterocycles. The molecule has 1 aliphatic carbocycles. The third-order valence-corrected chi connectivity index (χ3v) is 4.31. The van der Waals surface area contributed by atoms with E-state index in [1.54, 1.807) is 0 Å². The molecule has 1 aromatic carbocycles. The first-order valence-corrected chi connectivity index (χ1v) is 6.95. The lowest BCUT2D eigenvalue weighted by Gasteiger charge is -2.00. The van der Waals surface area contributed by atoms with E-state index in [0.717, 1.165) is 12.6 Å². The summed E-state index contributed by atoms with van der Waals surface area (Å²) in [6.07, 6.45) is 2.66. The van der Waals surface area contributed by atoms with Gasteiger partial charge in [0.25, 0.3) is 0 Å². The zero-order valence-electron chi connectivity index (χ0n) is 10.2. The number of hydrogen-bond donors (Lipinski definition) is 2. The van der Waals surface area contributed by atoms with Gasteiger partial charge in [-0.1, -0.05) is 11.6 Å². The van der Waals surface area contributed by atoms with Crippen LogP contribution in [0, 0.1) is 13.8 Å². The highest BCUT2D eigenvalue weighted by Crippen LogP contribution is 2.31. The van der Waals surface area contributed by atoms with Gasteiger partial charge in [0.1, 0.15) is 0 Å². The first kappa shape index (κ1) is 11.3. The standard InChI is InChI=1S/C14H17BrN2/c1-8-5-9(2)14-11(6-8)13(15)12(17-14)7-16-10-3-4-10/h5-6,10,16-17H,3-4,7H2,1-2H3. The van der Waals surface area contributed by atoms with Gasteiger partial charge in [0, 0.05) is 33.7 Å². The molecule has 0 unspecified atom stereocenters. The van der Waals surface area contributed by atoms with E-state index in [2.05, 4.69) is 52.2 Å². The quantitative estimate of drug-likeness (QED) is 0.885. The summed E-state index contributed by atoms with van der Waals surface area (Å²) in [7, 11) is 0. The molecule has 1 saturated carbocycles. The van der Waals surface area contributed by atoms with E-state index in [4.69, 9.17) is 0 Å². The summed E-state index contributed by atoms with van der Waals surface area (Å²) in [5.41, 5.74) is 5.16. The summed E-state index contributed by atoms with van der Waals surface area (Å²) in [6.45, 7) is 5.24. The van der Waals surface area contributed by atoms with Crippen molar-refractivity contribution in [3.63, 3.8) is 0 Å². The lowest BCUT2D eigenvalue weighted by atomic mass is 10.1. The van der Waals surface area contributed by atoms with Gasteiger partial charge in [-0.3, -0.25) is 0 Å². The fourth-order valence-corrected chi connectivity index (χ4v) is 2.88. The number of halogens is 1. The molecule has 1 aliphatic rings. The number of benzene rings is 1.